The summed E-state index contributed by atoms with van der Waals surface area (Å²) in [6.45, 7) is 0. The molecule has 0 fully saturated rings. The first-order chi connectivity index (χ1) is 1.73. The zero-order valence-corrected chi connectivity index (χ0v) is 7.21. The molecule has 0 saturated carbocycles. The average Bonchev–Trinajstić information content (AvgIpc) is 0.811. The summed E-state index contributed by atoms with van der Waals surface area (Å²) in [6, 6.07) is 0. The van der Waals surface area contributed by atoms with E-state index in [-0.39, 0.29) is 60.7 Å². The van der Waals surface area contributed by atoms with Gasteiger partial charge in [-0.15, -0.1) is 12.4 Å². The summed E-state index contributed by atoms with van der Waals surface area (Å²) >= 11 is 0. The van der Waals surface area contributed by atoms with Crippen LogP contribution in [-0.4, -0.2) is 61.9 Å². The number of halogens is 1. The summed E-state index contributed by atoms with van der Waals surface area (Å²) in [5.74, 6) is 0. The van der Waals surface area contributed by atoms with Gasteiger partial charge in [0, 0.05) is 0 Å². The van der Waals surface area contributed by atoms with E-state index in [0.717, 1.165) is 0 Å². The van der Waals surface area contributed by atoms with Crippen molar-refractivity contribution in [3.63, 3.8) is 0 Å². The number of hydrogen-bond acceptors (Lipinski definition) is 1. The van der Waals surface area contributed by atoms with Crippen LogP contribution in [0.15, 0.2) is 0 Å². The third-order valence-corrected chi connectivity index (χ3v) is 0. The molecule has 0 spiro atoms. The van der Waals surface area contributed by atoms with Crippen LogP contribution in [0.1, 0.15) is 2.85 Å². The Morgan fingerprint density at radius 3 is 1.50 bits per heavy atom. The van der Waals surface area contributed by atoms with Crippen molar-refractivity contribution >= 4 is 64.0 Å². The zero-order valence-electron chi connectivity index (χ0n) is 4.92. The van der Waals surface area contributed by atoms with E-state index in [9.17, 15) is 0 Å². The van der Waals surface area contributed by atoms with Crippen LogP contribution in [0, 0.1) is 0 Å². The molecule has 36 valence electrons. The van der Waals surface area contributed by atoms with Crippen LogP contribution in [0.4, 0.5) is 4.79 Å². The van der Waals surface area contributed by atoms with Gasteiger partial charge < -0.3 is 13.1 Å². The predicted octanol–water partition coefficient (Wildman–Crippen LogP) is 0.488. The molecule has 0 rings (SSSR count). The molecule has 0 aromatic heterocycles. The molecule has 0 unspecified atom stereocenters. The average molecular weight is 188 g/mol. The van der Waals surface area contributed by atoms with Gasteiger partial charge in [0.25, 0.3) is 0 Å². The zero-order chi connectivity index (χ0) is 3.58. The van der Waals surface area contributed by atoms with Crippen molar-refractivity contribution in [3.05, 3.63) is 0 Å². The van der Waals surface area contributed by atoms with Crippen LogP contribution >= 0.6 is 12.4 Å². The van der Waals surface area contributed by atoms with Crippen molar-refractivity contribution < 1.29 is 17.9 Å². The van der Waals surface area contributed by atoms with Gasteiger partial charge in [0.2, 0.25) is 0 Å². The fraction of sp³-hybridized carbons (Fsp3) is 0. The Labute approximate surface area is 81.0 Å². The first-order valence-corrected chi connectivity index (χ1v) is 0.651. The van der Waals surface area contributed by atoms with Crippen LogP contribution in [0.5, 0.6) is 0 Å². The third-order valence-electron chi connectivity index (χ3n) is 0. The first-order valence-electron chi connectivity index (χ1n) is 0.651. The smallest absolute Gasteiger partial charge is 1.00 e. The molecule has 0 radical (unpaired) electrons. The van der Waals surface area contributed by atoms with Crippen molar-refractivity contribution in [1.29, 1.82) is 0 Å². The quantitative estimate of drug-likeness (QED) is 0.544. The van der Waals surface area contributed by atoms with E-state index in [4.69, 9.17) is 15.0 Å². The molecule has 5 heteroatoms. The Morgan fingerprint density at radius 2 is 1.50 bits per heavy atom. The van der Waals surface area contributed by atoms with E-state index in [1.54, 1.807) is 0 Å². The summed E-state index contributed by atoms with van der Waals surface area (Å²) in [5.41, 5.74) is 0. The summed E-state index contributed by atoms with van der Waals surface area (Å²) in [6.07, 6.45) is -1.83. The molecular formula is CH5ClO3Sr. The molecule has 0 amide bonds. The Balaban J connectivity index is -0.00000000750. The van der Waals surface area contributed by atoms with E-state index in [1.165, 1.54) is 0 Å². The van der Waals surface area contributed by atoms with E-state index in [2.05, 4.69) is 0 Å². The second-order valence-electron chi connectivity index (χ2n) is 0.283. The predicted molar refractivity (Wildman–Crippen MR) is 25.9 cm³/mol. The van der Waals surface area contributed by atoms with Gasteiger partial charge in [-0.25, -0.2) is 4.79 Å². The molecule has 6 heavy (non-hydrogen) atoms. The third kappa shape index (κ3) is 76.0. The van der Waals surface area contributed by atoms with Crippen LogP contribution in [0.25, 0.3) is 0 Å². The maximum absolute atomic E-state index is 8.56. The largest absolute Gasteiger partial charge is 2.00 e. The van der Waals surface area contributed by atoms with Crippen LogP contribution in [0.2, 0.25) is 0 Å². The van der Waals surface area contributed by atoms with Gasteiger partial charge >= 0.3 is 51.6 Å². The van der Waals surface area contributed by atoms with E-state index in [0.29, 0.717) is 0 Å². The summed E-state index contributed by atoms with van der Waals surface area (Å²) in [7, 11) is 0. The molecule has 0 saturated heterocycles. The number of carbonyl (C=O) groups is 1. The van der Waals surface area contributed by atoms with Crippen LogP contribution < -0.4 is 0 Å². The minimum Gasteiger partial charge on any atom is -1.00 e. The van der Waals surface area contributed by atoms with E-state index < -0.39 is 6.16 Å². The van der Waals surface area contributed by atoms with Gasteiger partial charge in [0.1, 0.15) is 0 Å². The Hall–Kier alpha value is 1.04. The van der Waals surface area contributed by atoms with Crippen LogP contribution in [-0.2, 0) is 0 Å². The van der Waals surface area contributed by atoms with Gasteiger partial charge in [0.05, 0.1) is 0 Å². The fourth-order valence-corrected chi connectivity index (χ4v) is 0. The van der Waals surface area contributed by atoms with E-state index in [1.807, 2.05) is 0 Å². The molecule has 0 heterocycles. The van der Waals surface area contributed by atoms with Crippen molar-refractivity contribution in [2.45, 2.75) is 0 Å². The van der Waals surface area contributed by atoms with Crippen molar-refractivity contribution in [1.82, 2.24) is 0 Å². The van der Waals surface area contributed by atoms with Gasteiger partial charge in [-0.2, -0.15) is 0 Å². The topological polar surface area (TPSA) is 57.5 Å². The molecule has 0 aromatic carbocycles. The normalized spacial score (nSPS) is 4.00. The molecule has 3 nitrogen and oxygen atoms in total. The SMILES string of the molecule is Cl.O=C(O)O.[H-].[H-].[Sr+2]. The molecule has 0 bridgehead atoms. The molecule has 2 N–H and O–H groups in total. The minimum atomic E-state index is -1.83. The fourth-order valence-electron chi connectivity index (χ4n) is 0. The second kappa shape index (κ2) is 9.40. The van der Waals surface area contributed by atoms with Gasteiger partial charge in [-0.05, 0) is 0 Å². The molecule has 0 aliphatic heterocycles. The Bertz CT molecular complexity index is 40.3. The molecule has 0 atom stereocenters. The van der Waals surface area contributed by atoms with Crippen molar-refractivity contribution in [2.75, 3.05) is 0 Å². The summed E-state index contributed by atoms with van der Waals surface area (Å²) in [5, 5.41) is 13.9. The van der Waals surface area contributed by atoms with Crippen molar-refractivity contribution in [2.24, 2.45) is 0 Å². The maximum atomic E-state index is 8.56. The molecule has 0 aromatic rings. The Morgan fingerprint density at radius 1 is 1.50 bits per heavy atom. The first kappa shape index (κ1) is 15.7. The molecule has 0 aliphatic carbocycles. The number of rotatable bonds is 0. The standard InChI is InChI=1S/CH2O3.ClH.Sr.2H/c2-1(3)4;;;;/h(H2,2,3,4);1H;;;/q;;+2;2*-1. The molecular weight excluding hydrogens is 183 g/mol. The van der Waals surface area contributed by atoms with Gasteiger partial charge in [0.15, 0.2) is 0 Å². The number of carboxylic acid groups (broad SMARTS) is 2. The second-order valence-corrected chi connectivity index (χ2v) is 0.283. The van der Waals surface area contributed by atoms with Crippen LogP contribution in [0.3, 0.4) is 0 Å². The van der Waals surface area contributed by atoms with Gasteiger partial charge in [-0.3, -0.25) is 0 Å². The van der Waals surface area contributed by atoms with Gasteiger partial charge in [-0.1, -0.05) is 0 Å². The summed E-state index contributed by atoms with van der Waals surface area (Å²) in [4.78, 5) is 8.56. The van der Waals surface area contributed by atoms with Crippen molar-refractivity contribution in [3.8, 4) is 0 Å². The maximum Gasteiger partial charge on any atom is 2.00 e. The number of hydrogen-bond donors (Lipinski definition) is 2. The van der Waals surface area contributed by atoms with E-state index >= 15 is 0 Å². The summed E-state index contributed by atoms with van der Waals surface area (Å²) < 4.78 is 0. The minimum absolute atomic E-state index is 0. The Kier molecular flexibility index (Phi) is 24.7. The molecule has 0 aliphatic rings. The monoisotopic (exact) mass is 188 g/mol.